The van der Waals surface area contributed by atoms with E-state index in [2.05, 4.69) is 46.9 Å². The predicted molar refractivity (Wildman–Crippen MR) is 70.3 cm³/mol. The Morgan fingerprint density at radius 3 is 2.88 bits per heavy atom. The van der Waals surface area contributed by atoms with Gasteiger partial charge in [-0.25, -0.2) is 0 Å². The average Bonchev–Trinajstić information content (AvgIpc) is 2.38. The van der Waals surface area contributed by atoms with E-state index >= 15 is 0 Å². The van der Waals surface area contributed by atoms with Crippen LogP contribution in [0.1, 0.15) is 24.0 Å². The molecule has 0 radical (unpaired) electrons. The maximum Gasteiger partial charge on any atom is 0.133 e. The molecule has 0 N–H and O–H groups in total. The molecule has 0 bridgehead atoms. The number of likely N-dealkylation sites (N-methyl/N-ethyl adjacent to an activating group) is 1. The molecule has 0 saturated heterocycles. The molecule has 0 spiro atoms. The number of nitrogens with zero attached hydrogens (tertiary/aromatic N) is 1. The summed E-state index contributed by atoms with van der Waals surface area (Å²) in [6.07, 6.45) is 1.11. The van der Waals surface area contributed by atoms with E-state index in [1.165, 1.54) is 11.1 Å². The van der Waals surface area contributed by atoms with Gasteiger partial charge in [0.05, 0.1) is 11.6 Å². The van der Waals surface area contributed by atoms with Gasteiger partial charge in [-0.15, -0.1) is 0 Å². The van der Waals surface area contributed by atoms with Gasteiger partial charge >= 0.3 is 0 Å². The second-order valence-corrected chi connectivity index (χ2v) is 5.45. The zero-order valence-corrected chi connectivity index (χ0v) is 11.7. The zero-order valence-electron chi connectivity index (χ0n) is 10.1. The van der Waals surface area contributed by atoms with E-state index in [0.29, 0.717) is 5.92 Å². The van der Waals surface area contributed by atoms with Gasteiger partial charge in [-0.1, -0.05) is 6.92 Å². The molecule has 88 valence electrons. The highest BCUT2D eigenvalue weighted by Crippen LogP contribution is 2.34. The Morgan fingerprint density at radius 1 is 1.44 bits per heavy atom. The molecule has 0 unspecified atom stereocenters. The fourth-order valence-corrected chi connectivity index (χ4v) is 2.93. The van der Waals surface area contributed by atoms with E-state index in [-0.39, 0.29) is 0 Å². The monoisotopic (exact) mass is 283 g/mol. The molecule has 1 heterocycles. The molecule has 1 atom stereocenters. The van der Waals surface area contributed by atoms with Gasteiger partial charge in [0.2, 0.25) is 0 Å². The third-order valence-corrected chi connectivity index (χ3v) is 3.91. The summed E-state index contributed by atoms with van der Waals surface area (Å²) < 4.78 is 6.41. The van der Waals surface area contributed by atoms with Crippen molar-refractivity contribution in [2.24, 2.45) is 0 Å². The van der Waals surface area contributed by atoms with Crippen LogP contribution in [-0.2, 0) is 6.42 Å². The molecule has 0 aromatic heterocycles. The van der Waals surface area contributed by atoms with Crippen molar-refractivity contribution in [1.29, 1.82) is 0 Å². The van der Waals surface area contributed by atoms with Crippen molar-refractivity contribution in [2.45, 2.75) is 19.3 Å². The van der Waals surface area contributed by atoms with Crippen LogP contribution in [0.25, 0.3) is 0 Å². The molecule has 0 fully saturated rings. The van der Waals surface area contributed by atoms with Gasteiger partial charge in [0.25, 0.3) is 0 Å². The molecule has 1 aromatic carbocycles. The fraction of sp³-hybridized carbons (Fsp3) is 0.538. The molecular formula is C13H18BrNO. The predicted octanol–water partition coefficient (Wildman–Crippen LogP) is 3.05. The number of halogens is 1. The number of hydrogen-bond donors (Lipinski definition) is 0. The first-order chi connectivity index (χ1) is 7.61. The maximum atomic E-state index is 5.35. The number of methoxy groups -OCH3 is 1. The van der Waals surface area contributed by atoms with E-state index in [1.54, 1.807) is 7.11 Å². The summed E-state index contributed by atoms with van der Waals surface area (Å²) in [6.45, 7) is 4.55. The molecule has 1 aliphatic rings. The Bertz CT molecular complexity index is 392. The van der Waals surface area contributed by atoms with Gasteiger partial charge in [0.15, 0.2) is 0 Å². The number of rotatable bonds is 1. The number of ether oxygens (including phenoxy) is 1. The van der Waals surface area contributed by atoms with Crippen molar-refractivity contribution in [3.8, 4) is 5.75 Å². The minimum absolute atomic E-state index is 0.588. The maximum absolute atomic E-state index is 5.35. The van der Waals surface area contributed by atoms with Gasteiger partial charge in [0, 0.05) is 13.1 Å². The van der Waals surface area contributed by atoms with Crippen LogP contribution in [0.4, 0.5) is 0 Å². The molecule has 1 aliphatic heterocycles. The highest BCUT2D eigenvalue weighted by atomic mass is 79.9. The van der Waals surface area contributed by atoms with Crippen LogP contribution in [0.3, 0.4) is 0 Å². The van der Waals surface area contributed by atoms with E-state index < -0.39 is 0 Å². The lowest BCUT2D eigenvalue weighted by atomic mass is 9.95. The summed E-state index contributed by atoms with van der Waals surface area (Å²) >= 11 is 3.57. The first-order valence-electron chi connectivity index (χ1n) is 5.66. The van der Waals surface area contributed by atoms with E-state index in [0.717, 1.165) is 29.7 Å². The fourth-order valence-electron chi connectivity index (χ4n) is 2.41. The third kappa shape index (κ3) is 2.25. The van der Waals surface area contributed by atoms with Gasteiger partial charge in [-0.3, -0.25) is 0 Å². The Morgan fingerprint density at radius 2 is 2.19 bits per heavy atom. The Balaban J connectivity index is 2.43. The SMILES string of the molecule is COc1cc2c(cc1Br)[C@H](C)CN(C)CC2. The standard InChI is InChI=1S/C13H18BrNO/c1-9-8-15(2)5-4-10-6-13(16-3)12(14)7-11(9)10/h6-7,9H,4-5,8H2,1-3H3/t9-/m1/s1. The first-order valence-corrected chi connectivity index (χ1v) is 6.46. The van der Waals surface area contributed by atoms with Gasteiger partial charge in [0.1, 0.15) is 5.75 Å². The van der Waals surface area contributed by atoms with Gasteiger partial charge < -0.3 is 9.64 Å². The summed E-state index contributed by atoms with van der Waals surface area (Å²) in [7, 11) is 3.91. The van der Waals surface area contributed by atoms with Crippen LogP contribution in [-0.4, -0.2) is 32.1 Å². The van der Waals surface area contributed by atoms with Crippen LogP contribution in [0, 0.1) is 0 Å². The molecule has 16 heavy (non-hydrogen) atoms. The molecule has 0 aliphatic carbocycles. The van der Waals surface area contributed by atoms with Crippen molar-refractivity contribution >= 4 is 15.9 Å². The van der Waals surface area contributed by atoms with E-state index in [4.69, 9.17) is 4.74 Å². The summed E-state index contributed by atoms with van der Waals surface area (Å²) in [6, 6.07) is 4.40. The topological polar surface area (TPSA) is 12.5 Å². The van der Waals surface area contributed by atoms with Crippen molar-refractivity contribution in [2.75, 3.05) is 27.2 Å². The van der Waals surface area contributed by atoms with E-state index in [9.17, 15) is 0 Å². The van der Waals surface area contributed by atoms with Crippen LogP contribution in [0.5, 0.6) is 5.75 Å². The molecular weight excluding hydrogens is 266 g/mol. The number of fused-ring (bicyclic) bond motifs is 1. The summed E-state index contributed by atoms with van der Waals surface area (Å²) in [5, 5.41) is 0. The second-order valence-electron chi connectivity index (χ2n) is 4.60. The summed E-state index contributed by atoms with van der Waals surface area (Å²) in [4.78, 5) is 2.39. The number of hydrogen-bond acceptors (Lipinski definition) is 2. The quantitative estimate of drug-likeness (QED) is 0.786. The minimum atomic E-state index is 0.588. The molecule has 3 heteroatoms. The minimum Gasteiger partial charge on any atom is -0.496 e. The Hall–Kier alpha value is -0.540. The van der Waals surface area contributed by atoms with Crippen molar-refractivity contribution in [1.82, 2.24) is 4.90 Å². The van der Waals surface area contributed by atoms with Crippen LogP contribution >= 0.6 is 15.9 Å². The molecule has 2 rings (SSSR count). The van der Waals surface area contributed by atoms with Crippen LogP contribution in [0.15, 0.2) is 16.6 Å². The highest BCUT2D eigenvalue weighted by Gasteiger charge is 2.19. The first kappa shape index (κ1) is 11.9. The van der Waals surface area contributed by atoms with Crippen LogP contribution in [0.2, 0.25) is 0 Å². The third-order valence-electron chi connectivity index (χ3n) is 3.29. The molecule has 0 saturated carbocycles. The normalized spacial score (nSPS) is 21.4. The second kappa shape index (κ2) is 4.76. The Kier molecular flexibility index (Phi) is 3.55. The van der Waals surface area contributed by atoms with Crippen LogP contribution < -0.4 is 4.74 Å². The largest absolute Gasteiger partial charge is 0.496 e. The van der Waals surface area contributed by atoms with Crippen molar-refractivity contribution < 1.29 is 4.74 Å². The van der Waals surface area contributed by atoms with E-state index in [1.807, 2.05) is 0 Å². The van der Waals surface area contributed by atoms with Crippen molar-refractivity contribution in [3.63, 3.8) is 0 Å². The lowest BCUT2D eigenvalue weighted by Gasteiger charge is -2.17. The molecule has 2 nitrogen and oxygen atoms in total. The lowest BCUT2D eigenvalue weighted by Crippen LogP contribution is -2.22. The van der Waals surface area contributed by atoms with Gasteiger partial charge in [-0.2, -0.15) is 0 Å². The highest BCUT2D eigenvalue weighted by molar-refractivity contribution is 9.10. The zero-order chi connectivity index (χ0) is 11.7. The summed E-state index contributed by atoms with van der Waals surface area (Å²) in [5.74, 6) is 1.53. The lowest BCUT2D eigenvalue weighted by molar-refractivity contribution is 0.332. The molecule has 0 amide bonds. The Labute approximate surface area is 106 Å². The smallest absolute Gasteiger partial charge is 0.133 e. The van der Waals surface area contributed by atoms with Crippen molar-refractivity contribution in [3.05, 3.63) is 27.7 Å². The van der Waals surface area contributed by atoms with Gasteiger partial charge in [-0.05, 0) is 58.6 Å². The number of benzene rings is 1. The average molecular weight is 284 g/mol. The molecule has 1 aromatic rings. The summed E-state index contributed by atoms with van der Waals surface area (Å²) in [5.41, 5.74) is 2.88.